The first-order valence-corrected chi connectivity index (χ1v) is 6.95. The molecule has 1 saturated heterocycles. The molecule has 2 bridgehead atoms. The number of carbonyl (C=O) groups is 2. The molecule has 1 aliphatic heterocycles. The highest BCUT2D eigenvalue weighted by atomic mass is 16.6. The van der Waals surface area contributed by atoms with Crippen molar-refractivity contribution >= 4 is 12.1 Å². The van der Waals surface area contributed by atoms with Crippen molar-refractivity contribution in [3.63, 3.8) is 0 Å². The average Bonchev–Trinajstić information content (AvgIpc) is 2.25. The van der Waals surface area contributed by atoms with Crippen LogP contribution in [0.1, 0.15) is 40.0 Å². The van der Waals surface area contributed by atoms with Gasteiger partial charge in [0.05, 0.1) is 5.92 Å². The van der Waals surface area contributed by atoms with Crippen molar-refractivity contribution in [1.82, 2.24) is 4.90 Å². The molecule has 1 aliphatic carbocycles. The Bertz CT molecular complexity index is 360. The van der Waals surface area contributed by atoms with E-state index >= 15 is 0 Å². The van der Waals surface area contributed by atoms with Gasteiger partial charge < -0.3 is 14.7 Å². The molecule has 0 aromatic heterocycles. The molecule has 1 N–H and O–H groups in total. The van der Waals surface area contributed by atoms with Crippen LogP contribution in [0, 0.1) is 17.8 Å². The lowest BCUT2D eigenvalue weighted by molar-refractivity contribution is -0.145. The number of hydrogen-bond donors (Lipinski definition) is 1. The van der Waals surface area contributed by atoms with Crippen LogP contribution in [-0.2, 0) is 9.53 Å². The number of nitrogens with zero attached hydrogens (tertiary/aromatic N) is 1. The summed E-state index contributed by atoms with van der Waals surface area (Å²) in [4.78, 5) is 24.9. The van der Waals surface area contributed by atoms with Crippen LogP contribution < -0.4 is 0 Å². The summed E-state index contributed by atoms with van der Waals surface area (Å²) in [6, 6.07) is 0. The van der Waals surface area contributed by atoms with Gasteiger partial charge >= 0.3 is 12.1 Å². The van der Waals surface area contributed by atoms with E-state index in [1.807, 2.05) is 20.8 Å². The zero-order valence-corrected chi connectivity index (χ0v) is 11.9. The lowest BCUT2D eigenvalue weighted by atomic mass is 9.72. The van der Waals surface area contributed by atoms with Crippen molar-refractivity contribution in [1.29, 1.82) is 0 Å². The second kappa shape index (κ2) is 5.02. The smallest absolute Gasteiger partial charge is 0.410 e. The number of hydrogen-bond acceptors (Lipinski definition) is 3. The molecule has 0 unspecified atom stereocenters. The van der Waals surface area contributed by atoms with E-state index in [0.29, 0.717) is 37.8 Å². The third-order valence-corrected chi connectivity index (χ3v) is 3.86. The molecule has 0 spiro atoms. The Balaban J connectivity index is 1.95. The zero-order valence-electron chi connectivity index (χ0n) is 11.9. The zero-order chi connectivity index (χ0) is 14.2. The number of carboxylic acids is 1. The Labute approximate surface area is 113 Å². The molecule has 5 nitrogen and oxygen atoms in total. The summed E-state index contributed by atoms with van der Waals surface area (Å²) in [7, 11) is 0. The van der Waals surface area contributed by atoms with E-state index in [1.54, 1.807) is 4.90 Å². The number of piperidine rings is 1. The lowest BCUT2D eigenvalue weighted by Crippen LogP contribution is -2.49. The molecule has 0 aromatic carbocycles. The fraction of sp³-hybridized carbons (Fsp3) is 0.857. The Morgan fingerprint density at radius 2 is 1.63 bits per heavy atom. The summed E-state index contributed by atoms with van der Waals surface area (Å²) in [5.74, 6) is -0.313. The second-order valence-corrected chi connectivity index (χ2v) is 6.86. The third-order valence-electron chi connectivity index (χ3n) is 3.86. The van der Waals surface area contributed by atoms with Crippen LogP contribution >= 0.6 is 0 Å². The molecular formula is C14H23NO4. The molecule has 0 radical (unpaired) electrons. The van der Waals surface area contributed by atoms with E-state index in [1.165, 1.54) is 0 Å². The summed E-state index contributed by atoms with van der Waals surface area (Å²) in [6.45, 7) is 6.84. The van der Waals surface area contributed by atoms with Gasteiger partial charge in [-0.05, 0) is 51.9 Å². The topological polar surface area (TPSA) is 66.8 Å². The molecule has 2 aliphatic rings. The number of amides is 1. The second-order valence-electron chi connectivity index (χ2n) is 6.86. The van der Waals surface area contributed by atoms with E-state index in [2.05, 4.69) is 0 Å². The molecule has 1 saturated carbocycles. The first-order chi connectivity index (χ1) is 8.74. The van der Waals surface area contributed by atoms with Gasteiger partial charge in [-0.1, -0.05) is 0 Å². The molecule has 1 amide bonds. The fourth-order valence-corrected chi connectivity index (χ4v) is 3.24. The van der Waals surface area contributed by atoms with Crippen LogP contribution in [0.5, 0.6) is 0 Å². The van der Waals surface area contributed by atoms with Crippen LogP contribution in [0.25, 0.3) is 0 Å². The minimum Gasteiger partial charge on any atom is -0.481 e. The molecule has 19 heavy (non-hydrogen) atoms. The molecule has 108 valence electrons. The number of fused-ring (bicyclic) bond motifs is 2. The predicted molar refractivity (Wildman–Crippen MR) is 69.8 cm³/mol. The van der Waals surface area contributed by atoms with Gasteiger partial charge in [0.1, 0.15) is 5.60 Å². The number of ether oxygens (including phenoxy) is 1. The predicted octanol–water partition coefficient (Wildman–Crippen LogP) is 2.35. The standard InChI is InChI=1S/C14H23NO4/c1-14(2,3)19-13(18)15-7-9-4-10(8-15)6-11(5-9)12(16)17/h9-11H,4-8H2,1-3H3,(H,16,17)/t9-,10-/m1/s1. The van der Waals surface area contributed by atoms with Crippen LogP contribution in [0.3, 0.4) is 0 Å². The van der Waals surface area contributed by atoms with E-state index < -0.39 is 11.6 Å². The van der Waals surface area contributed by atoms with Gasteiger partial charge in [-0.2, -0.15) is 0 Å². The maximum Gasteiger partial charge on any atom is 0.410 e. The van der Waals surface area contributed by atoms with Crippen LogP contribution in [0.2, 0.25) is 0 Å². The van der Waals surface area contributed by atoms with Gasteiger partial charge in [-0.25, -0.2) is 4.79 Å². The van der Waals surface area contributed by atoms with Gasteiger partial charge in [0.15, 0.2) is 0 Å². The molecule has 2 fully saturated rings. The van der Waals surface area contributed by atoms with Crippen molar-refractivity contribution in [3.05, 3.63) is 0 Å². The fourth-order valence-electron chi connectivity index (χ4n) is 3.24. The van der Waals surface area contributed by atoms with E-state index in [0.717, 1.165) is 6.42 Å². The number of likely N-dealkylation sites (tertiary alicyclic amines) is 1. The Morgan fingerprint density at radius 1 is 1.11 bits per heavy atom. The van der Waals surface area contributed by atoms with Crippen molar-refractivity contribution in [3.8, 4) is 0 Å². The summed E-state index contributed by atoms with van der Waals surface area (Å²) >= 11 is 0. The van der Waals surface area contributed by atoms with Crippen molar-refractivity contribution in [2.75, 3.05) is 13.1 Å². The monoisotopic (exact) mass is 269 g/mol. The van der Waals surface area contributed by atoms with Crippen LogP contribution in [0.15, 0.2) is 0 Å². The Morgan fingerprint density at radius 3 is 2.05 bits per heavy atom. The number of carbonyl (C=O) groups excluding carboxylic acids is 1. The van der Waals surface area contributed by atoms with E-state index in [-0.39, 0.29) is 12.0 Å². The third kappa shape index (κ3) is 3.61. The molecule has 1 heterocycles. The van der Waals surface area contributed by atoms with E-state index in [9.17, 15) is 9.59 Å². The van der Waals surface area contributed by atoms with E-state index in [4.69, 9.17) is 9.84 Å². The quantitative estimate of drug-likeness (QED) is 0.793. The van der Waals surface area contributed by atoms with Crippen LogP contribution in [0.4, 0.5) is 4.79 Å². The first-order valence-electron chi connectivity index (χ1n) is 6.95. The molecule has 0 aromatic rings. The summed E-state index contributed by atoms with van der Waals surface area (Å²) in [5.41, 5.74) is -0.479. The van der Waals surface area contributed by atoms with Crippen LogP contribution in [-0.4, -0.2) is 40.8 Å². The Kier molecular flexibility index (Phi) is 3.74. The minimum atomic E-state index is -0.694. The lowest BCUT2D eigenvalue weighted by Gasteiger charge is -2.43. The summed E-state index contributed by atoms with van der Waals surface area (Å²) in [5, 5.41) is 9.12. The highest BCUT2D eigenvalue weighted by Gasteiger charge is 2.40. The van der Waals surface area contributed by atoms with Gasteiger partial charge in [-0.3, -0.25) is 4.79 Å². The number of carboxylic acid groups (broad SMARTS) is 1. The Hall–Kier alpha value is -1.26. The SMILES string of the molecule is CC(C)(C)OC(=O)N1C[C@H]2CC(C(=O)O)C[C@@H](C2)C1. The van der Waals surface area contributed by atoms with Gasteiger partial charge in [0.25, 0.3) is 0 Å². The van der Waals surface area contributed by atoms with Crippen molar-refractivity contribution < 1.29 is 19.4 Å². The normalized spacial score (nSPS) is 30.9. The largest absolute Gasteiger partial charge is 0.481 e. The number of aliphatic carboxylic acids is 1. The van der Waals surface area contributed by atoms with Crippen molar-refractivity contribution in [2.24, 2.45) is 17.8 Å². The molecule has 5 heteroatoms. The first kappa shape index (κ1) is 14.2. The maximum absolute atomic E-state index is 12.0. The van der Waals surface area contributed by atoms with Gasteiger partial charge in [0.2, 0.25) is 0 Å². The average molecular weight is 269 g/mol. The van der Waals surface area contributed by atoms with Crippen molar-refractivity contribution in [2.45, 2.75) is 45.6 Å². The molecule has 2 atom stereocenters. The highest BCUT2D eigenvalue weighted by molar-refractivity contribution is 5.71. The highest BCUT2D eigenvalue weighted by Crippen LogP contribution is 2.38. The molecule has 2 rings (SSSR count). The summed E-state index contributed by atoms with van der Waals surface area (Å²) in [6.07, 6.45) is 2.15. The van der Waals surface area contributed by atoms with Gasteiger partial charge in [-0.15, -0.1) is 0 Å². The molecular weight excluding hydrogens is 246 g/mol. The summed E-state index contributed by atoms with van der Waals surface area (Å²) < 4.78 is 5.39. The van der Waals surface area contributed by atoms with Gasteiger partial charge in [0, 0.05) is 13.1 Å². The number of rotatable bonds is 1. The maximum atomic E-state index is 12.0. The minimum absolute atomic E-state index is 0.232.